The highest BCUT2D eigenvalue weighted by atomic mass is 79.9. The van der Waals surface area contributed by atoms with Crippen LogP contribution in [0.2, 0.25) is 0 Å². The molecule has 1 aromatic heterocycles. The molecule has 2 heterocycles. The molecule has 1 aliphatic rings. The van der Waals surface area contributed by atoms with E-state index in [1.807, 2.05) is 0 Å². The number of rotatable bonds is 7. The van der Waals surface area contributed by atoms with Crippen LogP contribution < -0.4 is 10.6 Å². The van der Waals surface area contributed by atoms with Crippen molar-refractivity contribution in [3.8, 4) is 0 Å². The Balaban J connectivity index is 1.41. The van der Waals surface area contributed by atoms with Crippen molar-refractivity contribution in [3.63, 3.8) is 0 Å². The van der Waals surface area contributed by atoms with Crippen LogP contribution in [0.4, 0.5) is 0 Å². The SMILES string of the molecule is O=C(CN1C(=O)c2ccc(Br)cc2C1=O)NCCCNC(=O)c1cccnc1. The lowest BCUT2D eigenvalue weighted by Gasteiger charge is -2.13. The predicted octanol–water partition coefficient (Wildman–Crippen LogP) is 1.38. The van der Waals surface area contributed by atoms with E-state index in [1.165, 1.54) is 6.20 Å². The molecule has 4 amide bonds. The van der Waals surface area contributed by atoms with Gasteiger partial charge in [0.15, 0.2) is 0 Å². The first kappa shape index (κ1) is 19.7. The van der Waals surface area contributed by atoms with Gasteiger partial charge in [-0.1, -0.05) is 15.9 Å². The minimum absolute atomic E-state index is 0.239. The Kier molecular flexibility index (Phi) is 6.15. The molecule has 0 spiro atoms. The number of halogens is 1. The van der Waals surface area contributed by atoms with Crippen LogP contribution in [0.5, 0.6) is 0 Å². The number of carbonyl (C=O) groups is 4. The van der Waals surface area contributed by atoms with E-state index in [0.717, 1.165) is 4.90 Å². The van der Waals surface area contributed by atoms with Crippen LogP contribution in [0.3, 0.4) is 0 Å². The van der Waals surface area contributed by atoms with Gasteiger partial charge in [-0.2, -0.15) is 0 Å². The summed E-state index contributed by atoms with van der Waals surface area (Å²) in [6.45, 7) is 0.335. The molecule has 0 fully saturated rings. The number of fused-ring (bicyclic) bond motifs is 1. The molecule has 0 saturated carbocycles. The fourth-order valence-electron chi connectivity index (χ4n) is 2.72. The van der Waals surface area contributed by atoms with Crippen LogP contribution in [-0.4, -0.2) is 53.1 Å². The van der Waals surface area contributed by atoms with Crippen LogP contribution >= 0.6 is 15.9 Å². The van der Waals surface area contributed by atoms with E-state index in [2.05, 4.69) is 31.5 Å². The standard InChI is InChI=1S/C19H17BrN4O4/c20-13-4-5-14-15(9-13)19(28)24(18(14)27)11-16(25)22-7-2-8-23-17(26)12-3-1-6-21-10-12/h1,3-6,9-10H,2,7-8,11H2,(H,22,25)(H,23,26). The summed E-state index contributed by atoms with van der Waals surface area (Å²) >= 11 is 3.26. The lowest BCUT2D eigenvalue weighted by Crippen LogP contribution is -2.41. The topological polar surface area (TPSA) is 108 Å². The van der Waals surface area contributed by atoms with Gasteiger partial charge in [0.2, 0.25) is 5.91 Å². The van der Waals surface area contributed by atoms with E-state index in [9.17, 15) is 19.2 Å². The molecule has 1 aromatic carbocycles. The van der Waals surface area contributed by atoms with Crippen molar-refractivity contribution in [1.29, 1.82) is 0 Å². The normalized spacial score (nSPS) is 12.7. The molecule has 28 heavy (non-hydrogen) atoms. The number of carbonyl (C=O) groups excluding carboxylic acids is 4. The second-order valence-corrected chi connectivity index (χ2v) is 7.00. The Morgan fingerprint density at radius 1 is 1.04 bits per heavy atom. The third kappa shape index (κ3) is 4.42. The quantitative estimate of drug-likeness (QED) is 0.495. The highest BCUT2D eigenvalue weighted by Crippen LogP contribution is 2.25. The van der Waals surface area contributed by atoms with Gasteiger partial charge in [0, 0.05) is 30.0 Å². The number of hydrogen-bond acceptors (Lipinski definition) is 5. The van der Waals surface area contributed by atoms with E-state index in [-0.39, 0.29) is 18.0 Å². The highest BCUT2D eigenvalue weighted by Gasteiger charge is 2.36. The zero-order chi connectivity index (χ0) is 20.1. The molecule has 0 aliphatic carbocycles. The van der Waals surface area contributed by atoms with Crippen molar-refractivity contribution >= 4 is 39.6 Å². The van der Waals surface area contributed by atoms with Crippen molar-refractivity contribution in [2.24, 2.45) is 0 Å². The molecule has 8 nitrogen and oxygen atoms in total. The third-order valence-electron chi connectivity index (χ3n) is 4.12. The van der Waals surface area contributed by atoms with E-state index in [1.54, 1.807) is 36.5 Å². The molecule has 2 N–H and O–H groups in total. The molecule has 1 aliphatic heterocycles. The van der Waals surface area contributed by atoms with Gasteiger partial charge in [0.1, 0.15) is 6.54 Å². The molecule has 0 atom stereocenters. The number of hydrogen-bond donors (Lipinski definition) is 2. The highest BCUT2D eigenvalue weighted by molar-refractivity contribution is 9.10. The number of imide groups is 1. The van der Waals surface area contributed by atoms with Crippen molar-refractivity contribution in [2.45, 2.75) is 6.42 Å². The minimum atomic E-state index is -0.486. The third-order valence-corrected chi connectivity index (χ3v) is 4.61. The minimum Gasteiger partial charge on any atom is -0.354 e. The summed E-state index contributed by atoms with van der Waals surface area (Å²) in [5, 5.41) is 5.37. The average molecular weight is 445 g/mol. The van der Waals surface area contributed by atoms with Crippen LogP contribution in [0.25, 0.3) is 0 Å². The largest absolute Gasteiger partial charge is 0.354 e. The zero-order valence-electron chi connectivity index (χ0n) is 14.8. The van der Waals surface area contributed by atoms with E-state index in [0.29, 0.717) is 35.1 Å². The Labute approximate surface area is 169 Å². The van der Waals surface area contributed by atoms with Crippen LogP contribution in [0.1, 0.15) is 37.5 Å². The number of nitrogens with one attached hydrogen (secondary N) is 2. The summed E-state index contributed by atoms with van der Waals surface area (Å²) in [5.74, 6) is -1.64. The Bertz CT molecular complexity index is 933. The fourth-order valence-corrected chi connectivity index (χ4v) is 3.08. The molecule has 0 radical (unpaired) electrons. The maximum absolute atomic E-state index is 12.3. The summed E-state index contributed by atoms with van der Waals surface area (Å²) in [4.78, 5) is 53.3. The number of nitrogens with zero attached hydrogens (tertiary/aromatic N) is 2. The van der Waals surface area contributed by atoms with Gasteiger partial charge in [0.05, 0.1) is 16.7 Å². The van der Waals surface area contributed by atoms with Gasteiger partial charge >= 0.3 is 0 Å². The van der Waals surface area contributed by atoms with E-state index in [4.69, 9.17) is 0 Å². The summed E-state index contributed by atoms with van der Waals surface area (Å²) < 4.78 is 0.687. The summed E-state index contributed by atoms with van der Waals surface area (Å²) in [6, 6.07) is 8.13. The number of benzene rings is 1. The van der Waals surface area contributed by atoms with Gasteiger partial charge < -0.3 is 10.6 Å². The Morgan fingerprint density at radius 3 is 2.54 bits per heavy atom. The van der Waals surface area contributed by atoms with Crippen molar-refractivity contribution in [3.05, 3.63) is 63.9 Å². The molecule has 0 saturated heterocycles. The maximum Gasteiger partial charge on any atom is 0.262 e. The average Bonchev–Trinajstić information content (AvgIpc) is 2.92. The van der Waals surface area contributed by atoms with Gasteiger partial charge in [0.25, 0.3) is 17.7 Å². The molecule has 2 aromatic rings. The monoisotopic (exact) mass is 444 g/mol. The number of amides is 4. The number of pyridine rings is 1. The van der Waals surface area contributed by atoms with Crippen LogP contribution in [-0.2, 0) is 4.79 Å². The van der Waals surface area contributed by atoms with E-state index >= 15 is 0 Å². The first-order chi connectivity index (χ1) is 13.5. The van der Waals surface area contributed by atoms with Gasteiger partial charge in [-0.15, -0.1) is 0 Å². The number of aromatic nitrogens is 1. The predicted molar refractivity (Wildman–Crippen MR) is 104 cm³/mol. The smallest absolute Gasteiger partial charge is 0.262 e. The van der Waals surface area contributed by atoms with Gasteiger partial charge in [-0.3, -0.25) is 29.1 Å². The van der Waals surface area contributed by atoms with Crippen LogP contribution in [0, 0.1) is 0 Å². The Morgan fingerprint density at radius 2 is 1.79 bits per heavy atom. The van der Waals surface area contributed by atoms with Gasteiger partial charge in [-0.25, -0.2) is 0 Å². The lowest BCUT2D eigenvalue weighted by molar-refractivity contribution is -0.121. The molecular formula is C19H17BrN4O4. The Hall–Kier alpha value is -3.07. The van der Waals surface area contributed by atoms with Crippen molar-refractivity contribution in [2.75, 3.05) is 19.6 Å². The zero-order valence-corrected chi connectivity index (χ0v) is 16.4. The second kappa shape index (κ2) is 8.75. The molecular weight excluding hydrogens is 428 g/mol. The summed E-state index contributed by atoms with van der Waals surface area (Å²) in [6.07, 6.45) is 3.56. The van der Waals surface area contributed by atoms with Crippen LogP contribution in [0.15, 0.2) is 47.2 Å². The molecule has 3 rings (SSSR count). The fraction of sp³-hybridized carbons (Fsp3) is 0.211. The second-order valence-electron chi connectivity index (χ2n) is 6.09. The first-order valence-corrected chi connectivity index (χ1v) is 9.37. The maximum atomic E-state index is 12.3. The summed E-state index contributed by atoms with van der Waals surface area (Å²) in [7, 11) is 0. The van der Waals surface area contributed by atoms with E-state index < -0.39 is 17.7 Å². The lowest BCUT2D eigenvalue weighted by atomic mass is 10.1. The van der Waals surface area contributed by atoms with Gasteiger partial charge in [-0.05, 0) is 36.8 Å². The first-order valence-electron chi connectivity index (χ1n) is 8.58. The summed E-state index contributed by atoms with van der Waals surface area (Å²) in [5.41, 5.74) is 1.04. The van der Waals surface area contributed by atoms with Crippen molar-refractivity contribution < 1.29 is 19.2 Å². The molecule has 9 heteroatoms. The van der Waals surface area contributed by atoms with Crippen molar-refractivity contribution in [1.82, 2.24) is 20.5 Å². The molecule has 0 unspecified atom stereocenters. The molecule has 0 bridgehead atoms. The molecule has 144 valence electrons.